The number of carboxylic acids is 1. The number of rotatable bonds is 6. The highest BCUT2D eigenvalue weighted by molar-refractivity contribution is 8.18. The summed E-state index contributed by atoms with van der Waals surface area (Å²) in [5.41, 5.74) is 3.07. The number of amidine groups is 1. The standard InChI is InChI=1S/C26H23ClN4O4S/c1-4-19-17(25(34)35)11-15-9-14(5-8-20(15)29-19)10-22-24(33)31-26(36-22)30-21-12-16(6-7-18(21)27)28-23(32)13(2)3/h5-13H,4H2,1-3H3,(H,28,32)(H,34,35)(H,30,31,33)/b22-10-. The number of pyridine rings is 1. The van der Waals surface area contributed by atoms with Gasteiger partial charge in [-0.05, 0) is 66.2 Å². The van der Waals surface area contributed by atoms with Crippen molar-refractivity contribution in [2.45, 2.75) is 27.2 Å². The van der Waals surface area contributed by atoms with E-state index in [2.05, 4.69) is 20.6 Å². The van der Waals surface area contributed by atoms with Gasteiger partial charge in [-0.3, -0.25) is 14.6 Å². The number of carboxylic acid groups (broad SMARTS) is 1. The number of aliphatic imine (C=N–C) groups is 1. The van der Waals surface area contributed by atoms with Gasteiger partial charge < -0.3 is 15.7 Å². The van der Waals surface area contributed by atoms with Crippen LogP contribution in [0.25, 0.3) is 17.0 Å². The number of anilines is 1. The molecule has 0 atom stereocenters. The SMILES string of the molecule is CCc1nc2ccc(/C=C3\SC(=Nc4cc(NC(=O)C(C)C)ccc4Cl)NC3=O)cc2cc1C(=O)O. The minimum Gasteiger partial charge on any atom is -0.478 e. The highest BCUT2D eigenvalue weighted by Gasteiger charge is 2.24. The highest BCUT2D eigenvalue weighted by Crippen LogP contribution is 2.33. The number of benzene rings is 2. The van der Waals surface area contributed by atoms with Crippen molar-refractivity contribution in [3.8, 4) is 0 Å². The molecule has 0 aliphatic carbocycles. The van der Waals surface area contributed by atoms with Gasteiger partial charge in [0.1, 0.15) is 0 Å². The molecule has 0 bridgehead atoms. The molecule has 10 heteroatoms. The average molecular weight is 523 g/mol. The molecular formula is C26H23ClN4O4S. The lowest BCUT2D eigenvalue weighted by molar-refractivity contribution is -0.119. The van der Waals surface area contributed by atoms with E-state index in [0.717, 1.165) is 17.3 Å². The number of hydrogen-bond acceptors (Lipinski definition) is 6. The quantitative estimate of drug-likeness (QED) is 0.360. The van der Waals surface area contributed by atoms with Crippen LogP contribution in [-0.4, -0.2) is 33.0 Å². The van der Waals surface area contributed by atoms with E-state index in [-0.39, 0.29) is 23.3 Å². The molecule has 2 aromatic carbocycles. The van der Waals surface area contributed by atoms with Crippen molar-refractivity contribution in [2.24, 2.45) is 10.9 Å². The maximum atomic E-state index is 12.6. The van der Waals surface area contributed by atoms with Crippen LogP contribution >= 0.6 is 23.4 Å². The van der Waals surface area contributed by atoms with Gasteiger partial charge in [0.15, 0.2) is 5.17 Å². The van der Waals surface area contributed by atoms with E-state index in [1.54, 1.807) is 56.3 Å². The van der Waals surface area contributed by atoms with E-state index >= 15 is 0 Å². The first-order valence-electron chi connectivity index (χ1n) is 11.2. The summed E-state index contributed by atoms with van der Waals surface area (Å²) in [5, 5.41) is 16.4. The minimum atomic E-state index is -1.02. The summed E-state index contributed by atoms with van der Waals surface area (Å²) in [5.74, 6) is -1.65. The monoisotopic (exact) mass is 522 g/mol. The Morgan fingerprint density at radius 3 is 2.69 bits per heavy atom. The lowest BCUT2D eigenvalue weighted by Gasteiger charge is -2.09. The van der Waals surface area contributed by atoms with Crippen molar-refractivity contribution < 1.29 is 19.5 Å². The lowest BCUT2D eigenvalue weighted by Crippen LogP contribution is -2.19. The first-order chi connectivity index (χ1) is 17.1. The van der Waals surface area contributed by atoms with Crippen molar-refractivity contribution >= 4 is 74.7 Å². The molecule has 184 valence electrons. The van der Waals surface area contributed by atoms with E-state index in [1.165, 1.54) is 0 Å². The molecule has 3 aromatic rings. The third-order valence-electron chi connectivity index (χ3n) is 5.39. The Kier molecular flexibility index (Phi) is 7.42. The summed E-state index contributed by atoms with van der Waals surface area (Å²) >= 11 is 7.44. The third kappa shape index (κ3) is 5.58. The number of aromatic carboxylic acids is 1. The van der Waals surface area contributed by atoms with Crippen molar-refractivity contribution in [2.75, 3.05) is 5.32 Å². The van der Waals surface area contributed by atoms with Crippen LogP contribution in [0.5, 0.6) is 0 Å². The van der Waals surface area contributed by atoms with Crippen LogP contribution in [0.4, 0.5) is 11.4 Å². The smallest absolute Gasteiger partial charge is 0.337 e. The number of nitrogens with one attached hydrogen (secondary N) is 2. The Morgan fingerprint density at radius 2 is 2.00 bits per heavy atom. The van der Waals surface area contributed by atoms with Crippen LogP contribution in [0, 0.1) is 5.92 Å². The number of aromatic nitrogens is 1. The first kappa shape index (κ1) is 25.4. The lowest BCUT2D eigenvalue weighted by atomic mass is 10.1. The van der Waals surface area contributed by atoms with E-state index in [1.807, 2.05) is 13.0 Å². The zero-order valence-electron chi connectivity index (χ0n) is 19.8. The predicted molar refractivity (Wildman–Crippen MR) is 144 cm³/mol. The van der Waals surface area contributed by atoms with Crippen molar-refractivity contribution in [1.29, 1.82) is 0 Å². The third-order valence-corrected chi connectivity index (χ3v) is 6.62. The molecule has 4 rings (SSSR count). The van der Waals surface area contributed by atoms with Gasteiger partial charge >= 0.3 is 5.97 Å². The Morgan fingerprint density at radius 1 is 1.22 bits per heavy atom. The largest absolute Gasteiger partial charge is 0.478 e. The summed E-state index contributed by atoms with van der Waals surface area (Å²) in [6.07, 6.45) is 2.22. The number of carbonyl (C=O) groups excluding carboxylic acids is 2. The van der Waals surface area contributed by atoms with E-state index in [0.29, 0.717) is 49.5 Å². The fraction of sp³-hybridized carbons (Fsp3) is 0.192. The molecule has 2 heterocycles. The van der Waals surface area contributed by atoms with Crippen molar-refractivity contribution in [3.63, 3.8) is 0 Å². The summed E-state index contributed by atoms with van der Waals surface area (Å²) in [7, 11) is 0. The van der Waals surface area contributed by atoms with Gasteiger partial charge in [-0.25, -0.2) is 9.79 Å². The van der Waals surface area contributed by atoms with Crippen molar-refractivity contribution in [3.05, 3.63) is 69.2 Å². The van der Waals surface area contributed by atoms with Gasteiger partial charge in [0.05, 0.1) is 32.4 Å². The minimum absolute atomic E-state index is 0.128. The Hall–Kier alpha value is -3.69. The average Bonchev–Trinajstić information content (AvgIpc) is 3.18. The van der Waals surface area contributed by atoms with Gasteiger partial charge in [-0.1, -0.05) is 38.4 Å². The maximum absolute atomic E-state index is 12.6. The number of aryl methyl sites for hydroxylation is 1. The molecule has 0 unspecified atom stereocenters. The number of carbonyl (C=O) groups is 3. The van der Waals surface area contributed by atoms with E-state index < -0.39 is 5.97 Å². The van der Waals surface area contributed by atoms with Gasteiger partial charge in [0, 0.05) is 17.0 Å². The number of nitrogens with zero attached hydrogens (tertiary/aromatic N) is 2. The second kappa shape index (κ2) is 10.5. The summed E-state index contributed by atoms with van der Waals surface area (Å²) < 4.78 is 0. The molecule has 1 aromatic heterocycles. The van der Waals surface area contributed by atoms with Crippen LogP contribution < -0.4 is 10.6 Å². The van der Waals surface area contributed by atoms with Gasteiger partial charge in [0.25, 0.3) is 5.91 Å². The van der Waals surface area contributed by atoms with Crippen LogP contribution in [0.1, 0.15) is 42.4 Å². The topological polar surface area (TPSA) is 121 Å². The van der Waals surface area contributed by atoms with Crippen LogP contribution in [0.2, 0.25) is 5.02 Å². The zero-order valence-corrected chi connectivity index (χ0v) is 21.3. The van der Waals surface area contributed by atoms with Gasteiger partial charge in [-0.15, -0.1) is 0 Å². The number of amides is 2. The van der Waals surface area contributed by atoms with Gasteiger partial charge in [-0.2, -0.15) is 0 Å². The molecular weight excluding hydrogens is 500 g/mol. The molecule has 2 amide bonds. The number of halogens is 1. The zero-order chi connectivity index (χ0) is 26.0. The van der Waals surface area contributed by atoms with Crippen LogP contribution in [0.15, 0.2) is 52.4 Å². The summed E-state index contributed by atoms with van der Waals surface area (Å²) in [4.78, 5) is 45.5. The molecule has 8 nitrogen and oxygen atoms in total. The molecule has 0 saturated carbocycles. The summed E-state index contributed by atoms with van der Waals surface area (Å²) in [6, 6.07) is 12.0. The second-order valence-electron chi connectivity index (χ2n) is 8.39. The summed E-state index contributed by atoms with van der Waals surface area (Å²) in [6.45, 7) is 5.45. The molecule has 36 heavy (non-hydrogen) atoms. The van der Waals surface area contributed by atoms with Gasteiger partial charge in [0.2, 0.25) is 5.91 Å². The molecule has 1 saturated heterocycles. The van der Waals surface area contributed by atoms with Crippen LogP contribution in [0.3, 0.4) is 0 Å². The fourth-order valence-corrected chi connectivity index (χ4v) is 4.48. The molecule has 0 radical (unpaired) electrons. The predicted octanol–water partition coefficient (Wildman–Crippen LogP) is 5.63. The molecule has 1 fully saturated rings. The maximum Gasteiger partial charge on any atom is 0.337 e. The molecule has 1 aliphatic rings. The Bertz CT molecular complexity index is 1470. The van der Waals surface area contributed by atoms with E-state index in [9.17, 15) is 19.5 Å². The number of thioether (sulfide) groups is 1. The highest BCUT2D eigenvalue weighted by atomic mass is 35.5. The first-order valence-corrected chi connectivity index (χ1v) is 12.4. The molecule has 3 N–H and O–H groups in total. The van der Waals surface area contributed by atoms with E-state index in [4.69, 9.17) is 11.6 Å². The normalized spacial score (nSPS) is 15.6. The second-order valence-corrected chi connectivity index (χ2v) is 9.82. The molecule has 1 aliphatic heterocycles. The number of hydrogen-bond donors (Lipinski definition) is 3. The fourth-order valence-electron chi connectivity index (χ4n) is 3.48. The molecule has 0 spiro atoms. The van der Waals surface area contributed by atoms with Crippen LogP contribution in [-0.2, 0) is 16.0 Å². The van der Waals surface area contributed by atoms with Crippen molar-refractivity contribution in [1.82, 2.24) is 10.3 Å². The number of fused-ring (bicyclic) bond motifs is 1. The Balaban J connectivity index is 1.60. The Labute approximate surface area is 216 Å².